The van der Waals surface area contributed by atoms with Gasteiger partial charge in [-0.25, -0.2) is 0 Å². The monoisotopic (exact) mass is 366 g/mol. The average molecular weight is 367 g/mol. The first-order chi connectivity index (χ1) is 11.4. The molecule has 0 N–H and O–H groups in total. The fraction of sp³-hybridized carbons (Fsp3) is 0.0556. The Morgan fingerprint density at radius 1 is 0.917 bits per heavy atom. The van der Waals surface area contributed by atoms with Gasteiger partial charge in [0.2, 0.25) is 0 Å². The van der Waals surface area contributed by atoms with E-state index in [-0.39, 0.29) is 10.5 Å². The van der Waals surface area contributed by atoms with Gasteiger partial charge in [0.15, 0.2) is 0 Å². The molecule has 1 nitrogen and oxygen atoms in total. The summed E-state index contributed by atoms with van der Waals surface area (Å²) in [6.45, 7) is 0. The summed E-state index contributed by atoms with van der Waals surface area (Å²) in [7, 11) is 0. The lowest BCUT2D eigenvalue weighted by Crippen LogP contribution is -2.23. The normalized spacial score (nSPS) is 11.7. The summed E-state index contributed by atoms with van der Waals surface area (Å²) in [5.41, 5.74) is -0.346. The minimum absolute atomic E-state index is 0.290. The van der Waals surface area contributed by atoms with Crippen molar-refractivity contribution in [3.05, 3.63) is 71.2 Å². The third kappa shape index (κ3) is 3.42. The number of hydrogen-bond donors (Lipinski definition) is 0. The highest BCUT2D eigenvalue weighted by atomic mass is 35.5. The van der Waals surface area contributed by atoms with Crippen LogP contribution in [0, 0.1) is 0 Å². The maximum atomic E-state index is 12.9. The summed E-state index contributed by atoms with van der Waals surface area (Å²) in [6.07, 6.45) is -4.92. The molecule has 0 spiro atoms. The molecule has 0 aliphatic heterocycles. The van der Waals surface area contributed by atoms with Crippen LogP contribution in [0.15, 0.2) is 70.5 Å². The molecule has 0 unspecified atom stereocenters. The van der Waals surface area contributed by atoms with E-state index < -0.39 is 12.0 Å². The fourth-order valence-electron chi connectivity index (χ4n) is 2.30. The van der Waals surface area contributed by atoms with Gasteiger partial charge in [-0.1, -0.05) is 53.7 Å². The maximum absolute atomic E-state index is 12.9. The zero-order valence-corrected chi connectivity index (χ0v) is 13.7. The van der Waals surface area contributed by atoms with Gasteiger partial charge in [-0.15, -0.1) is 0 Å². The van der Waals surface area contributed by atoms with Crippen molar-refractivity contribution in [2.45, 2.75) is 16.0 Å². The predicted molar refractivity (Wildman–Crippen MR) is 89.9 cm³/mol. The van der Waals surface area contributed by atoms with Crippen molar-refractivity contribution in [3.8, 4) is 0 Å². The van der Waals surface area contributed by atoms with Gasteiger partial charge in [0.05, 0.1) is 0 Å². The second-order valence-corrected chi connectivity index (χ2v) is 6.57. The molecule has 0 saturated carbocycles. The third-order valence-electron chi connectivity index (χ3n) is 3.42. The van der Waals surface area contributed by atoms with Gasteiger partial charge in [-0.3, -0.25) is 4.79 Å². The van der Waals surface area contributed by atoms with Gasteiger partial charge in [-0.05, 0) is 41.1 Å². The topological polar surface area (TPSA) is 17.1 Å². The minimum Gasteiger partial charge on any atom is -0.284 e. The number of rotatable bonds is 3. The van der Waals surface area contributed by atoms with E-state index in [1.165, 1.54) is 12.1 Å². The Hall–Kier alpha value is -1.98. The van der Waals surface area contributed by atoms with E-state index in [0.717, 1.165) is 17.1 Å². The molecule has 122 valence electrons. The molecule has 3 aromatic rings. The van der Waals surface area contributed by atoms with Crippen LogP contribution < -0.4 is 0 Å². The van der Waals surface area contributed by atoms with Crippen LogP contribution in [0.1, 0.15) is 10.4 Å². The Morgan fingerprint density at radius 3 is 2.25 bits per heavy atom. The molecule has 3 rings (SSSR count). The number of halogens is 4. The first-order valence-corrected chi connectivity index (χ1v) is 8.12. The fourth-order valence-corrected chi connectivity index (χ4v) is 3.51. The van der Waals surface area contributed by atoms with Crippen molar-refractivity contribution < 1.29 is 18.0 Å². The highest BCUT2D eigenvalue weighted by Crippen LogP contribution is 2.39. The van der Waals surface area contributed by atoms with Crippen LogP contribution in [0.3, 0.4) is 0 Å². The predicted octanol–water partition coefficient (Wildman–Crippen LogP) is 6.39. The van der Waals surface area contributed by atoms with E-state index in [2.05, 4.69) is 0 Å². The molecule has 3 aromatic carbocycles. The molecule has 0 atom stereocenters. The van der Waals surface area contributed by atoms with Crippen LogP contribution in [0.25, 0.3) is 10.8 Å². The highest BCUT2D eigenvalue weighted by molar-refractivity contribution is 7.99. The Bertz CT molecular complexity index is 904. The largest absolute Gasteiger partial charge is 0.454 e. The second-order valence-electron chi connectivity index (χ2n) is 5.05. The van der Waals surface area contributed by atoms with Crippen LogP contribution in [0.5, 0.6) is 0 Å². The lowest BCUT2D eigenvalue weighted by molar-refractivity contribution is -0.0886. The number of fused-ring (bicyclic) bond motifs is 1. The Kier molecular flexibility index (Phi) is 4.56. The maximum Gasteiger partial charge on any atom is 0.454 e. The van der Waals surface area contributed by atoms with Crippen LogP contribution in [0.2, 0.25) is 5.02 Å². The molecular formula is C18H10ClF3OS. The standard InChI is InChI=1S/C18H10ClF3OS/c19-12-6-8-13(9-7-12)24-16-14-4-2-1-3-11(14)5-10-15(16)17(23)18(20,21)22/h1-10H. The van der Waals surface area contributed by atoms with Crippen molar-refractivity contribution in [2.75, 3.05) is 0 Å². The van der Waals surface area contributed by atoms with E-state index in [4.69, 9.17) is 11.6 Å². The van der Waals surface area contributed by atoms with Gasteiger partial charge in [0.25, 0.3) is 5.78 Å². The van der Waals surface area contributed by atoms with Crippen molar-refractivity contribution in [1.82, 2.24) is 0 Å². The van der Waals surface area contributed by atoms with Crippen molar-refractivity contribution in [3.63, 3.8) is 0 Å². The molecule has 24 heavy (non-hydrogen) atoms. The van der Waals surface area contributed by atoms with E-state index in [1.807, 2.05) is 0 Å². The lowest BCUT2D eigenvalue weighted by Gasteiger charge is -2.13. The summed E-state index contributed by atoms with van der Waals surface area (Å²) >= 11 is 6.96. The van der Waals surface area contributed by atoms with Crippen molar-refractivity contribution in [2.24, 2.45) is 0 Å². The van der Waals surface area contributed by atoms with Crippen LogP contribution in [0.4, 0.5) is 13.2 Å². The molecule has 0 saturated heterocycles. The zero-order valence-electron chi connectivity index (χ0n) is 12.1. The molecule has 6 heteroatoms. The number of ketones is 1. The van der Waals surface area contributed by atoms with Crippen molar-refractivity contribution >= 4 is 39.9 Å². The Labute approximate surface area is 145 Å². The first-order valence-electron chi connectivity index (χ1n) is 6.93. The zero-order chi connectivity index (χ0) is 17.3. The van der Waals surface area contributed by atoms with E-state index >= 15 is 0 Å². The number of benzene rings is 3. The molecular weight excluding hydrogens is 357 g/mol. The van der Waals surface area contributed by atoms with Crippen LogP contribution >= 0.6 is 23.4 Å². The lowest BCUT2D eigenvalue weighted by atomic mass is 10.0. The Balaban J connectivity index is 2.17. The molecule has 0 heterocycles. The third-order valence-corrected chi connectivity index (χ3v) is 4.82. The molecule has 0 amide bonds. The van der Waals surface area contributed by atoms with E-state index in [9.17, 15) is 18.0 Å². The number of carbonyl (C=O) groups excluding carboxylic acids is 1. The van der Waals surface area contributed by atoms with Crippen molar-refractivity contribution in [1.29, 1.82) is 0 Å². The minimum atomic E-state index is -4.92. The highest BCUT2D eigenvalue weighted by Gasteiger charge is 2.40. The molecule has 0 aliphatic carbocycles. The quantitative estimate of drug-likeness (QED) is 0.499. The van der Waals surface area contributed by atoms with Gasteiger partial charge in [0, 0.05) is 20.4 Å². The average Bonchev–Trinajstić information content (AvgIpc) is 2.56. The molecule has 0 aromatic heterocycles. The van der Waals surface area contributed by atoms with Gasteiger partial charge in [0.1, 0.15) is 0 Å². The number of alkyl halides is 3. The Morgan fingerprint density at radius 2 is 1.58 bits per heavy atom. The first kappa shape index (κ1) is 16.9. The van der Waals surface area contributed by atoms with Gasteiger partial charge >= 0.3 is 6.18 Å². The number of hydrogen-bond acceptors (Lipinski definition) is 2. The summed E-state index contributed by atoms with van der Waals surface area (Å²) < 4.78 is 38.8. The SMILES string of the molecule is O=C(c1ccc2ccccc2c1Sc1ccc(Cl)cc1)C(F)(F)F. The summed E-state index contributed by atoms with van der Waals surface area (Å²) in [5.74, 6) is -1.84. The van der Waals surface area contributed by atoms with E-state index in [1.54, 1.807) is 48.5 Å². The molecule has 0 radical (unpaired) electrons. The number of Topliss-reactive ketones (excluding diaryl/α,β-unsaturated/α-hetero) is 1. The molecule has 0 fully saturated rings. The summed E-state index contributed by atoms with van der Waals surface area (Å²) in [5, 5.41) is 1.91. The second kappa shape index (κ2) is 6.49. The van der Waals surface area contributed by atoms with E-state index in [0.29, 0.717) is 15.3 Å². The molecule has 0 bridgehead atoms. The number of carbonyl (C=O) groups is 1. The summed E-state index contributed by atoms with van der Waals surface area (Å²) in [6, 6.07) is 16.5. The summed E-state index contributed by atoms with van der Waals surface area (Å²) in [4.78, 5) is 12.8. The van der Waals surface area contributed by atoms with Gasteiger partial charge < -0.3 is 0 Å². The molecule has 0 aliphatic rings. The van der Waals surface area contributed by atoms with Crippen LogP contribution in [-0.2, 0) is 0 Å². The van der Waals surface area contributed by atoms with Gasteiger partial charge in [-0.2, -0.15) is 13.2 Å². The van der Waals surface area contributed by atoms with Crippen LogP contribution in [-0.4, -0.2) is 12.0 Å². The smallest absolute Gasteiger partial charge is 0.284 e.